The van der Waals surface area contributed by atoms with E-state index in [-0.39, 0.29) is 11.9 Å². The van der Waals surface area contributed by atoms with Crippen LogP contribution in [0.3, 0.4) is 0 Å². The minimum Gasteiger partial charge on any atom is -0.343 e. The predicted octanol–water partition coefficient (Wildman–Crippen LogP) is 3.62. The van der Waals surface area contributed by atoms with E-state index in [9.17, 15) is 4.79 Å². The summed E-state index contributed by atoms with van der Waals surface area (Å²) in [6.07, 6.45) is 2.24. The number of benzene rings is 1. The van der Waals surface area contributed by atoms with Gasteiger partial charge in [0.25, 0.3) is 0 Å². The normalized spacial score (nSPS) is 17.8. The van der Waals surface area contributed by atoms with Crippen molar-refractivity contribution in [1.82, 2.24) is 14.3 Å². The van der Waals surface area contributed by atoms with E-state index in [1.807, 2.05) is 36.1 Å². The van der Waals surface area contributed by atoms with Crippen molar-refractivity contribution in [2.45, 2.75) is 39.2 Å². The van der Waals surface area contributed by atoms with Gasteiger partial charge in [0.2, 0.25) is 11.0 Å². The summed E-state index contributed by atoms with van der Waals surface area (Å²) >= 11 is 7.36. The molecule has 2 heterocycles. The van der Waals surface area contributed by atoms with Crippen molar-refractivity contribution in [3.63, 3.8) is 0 Å². The number of nitrogens with zero attached hydrogens (tertiary/aromatic N) is 4. The Kier molecular flexibility index (Phi) is 5.91. The van der Waals surface area contributed by atoms with Crippen LogP contribution in [0.5, 0.6) is 0 Å². The lowest BCUT2D eigenvalue weighted by Gasteiger charge is -2.39. The lowest BCUT2D eigenvalue weighted by Crippen LogP contribution is -2.54. The first-order chi connectivity index (χ1) is 12.1. The van der Waals surface area contributed by atoms with Gasteiger partial charge in [-0.05, 0) is 31.0 Å². The number of carbonyl (C=O) groups is 1. The molecule has 0 spiro atoms. The van der Waals surface area contributed by atoms with Crippen molar-refractivity contribution >= 4 is 34.2 Å². The Morgan fingerprint density at radius 1 is 1.32 bits per heavy atom. The van der Waals surface area contributed by atoms with Gasteiger partial charge in [0, 0.05) is 55.1 Å². The molecule has 1 aliphatic heterocycles. The summed E-state index contributed by atoms with van der Waals surface area (Å²) < 4.78 is 4.49. The van der Waals surface area contributed by atoms with E-state index in [1.165, 1.54) is 11.5 Å². The Balaban J connectivity index is 1.61. The van der Waals surface area contributed by atoms with Crippen LogP contribution in [-0.2, 0) is 11.2 Å². The highest BCUT2D eigenvalue weighted by Crippen LogP contribution is 2.23. The van der Waals surface area contributed by atoms with Gasteiger partial charge in [-0.2, -0.15) is 4.37 Å². The number of piperazine rings is 1. The van der Waals surface area contributed by atoms with Crippen LogP contribution in [0.1, 0.15) is 38.1 Å². The summed E-state index contributed by atoms with van der Waals surface area (Å²) in [5.74, 6) is 1.09. The molecule has 3 rings (SSSR count). The van der Waals surface area contributed by atoms with E-state index >= 15 is 0 Å². The molecule has 2 aromatic rings. The van der Waals surface area contributed by atoms with Gasteiger partial charge in [0.05, 0.1) is 0 Å². The molecule has 1 fully saturated rings. The first kappa shape index (κ1) is 18.1. The monoisotopic (exact) mass is 378 g/mol. The van der Waals surface area contributed by atoms with Crippen molar-refractivity contribution < 1.29 is 4.79 Å². The van der Waals surface area contributed by atoms with Crippen molar-refractivity contribution in [3.8, 4) is 0 Å². The average Bonchev–Trinajstić information content (AvgIpc) is 3.05. The second-order valence-corrected chi connectivity index (χ2v) is 7.60. The molecule has 0 unspecified atom stereocenters. The number of hydrogen-bond acceptors (Lipinski definition) is 5. The van der Waals surface area contributed by atoms with E-state index in [4.69, 9.17) is 11.6 Å². The Morgan fingerprint density at radius 3 is 2.76 bits per heavy atom. The SMILES string of the molecule is CCCC(=O)N1CCN(c2nc(Cc3ccc(Cl)cc3)ns2)C[C@H]1C. The zero-order chi connectivity index (χ0) is 17.8. The van der Waals surface area contributed by atoms with Crippen LogP contribution in [0.4, 0.5) is 5.13 Å². The molecule has 0 N–H and O–H groups in total. The molecule has 0 radical (unpaired) electrons. The van der Waals surface area contributed by atoms with Crippen LogP contribution in [0.2, 0.25) is 5.02 Å². The topological polar surface area (TPSA) is 49.3 Å². The molecule has 7 heteroatoms. The third-order valence-corrected chi connectivity index (χ3v) is 5.48. The van der Waals surface area contributed by atoms with E-state index < -0.39 is 0 Å². The molecule has 0 aliphatic carbocycles. The standard InChI is InChI=1S/C18H23ClN4OS/c1-3-4-17(24)23-10-9-22(12-13(23)2)18-20-16(21-25-18)11-14-5-7-15(19)8-6-14/h5-8,13H,3-4,9-12H2,1-2H3/t13-/m1/s1. The summed E-state index contributed by atoms with van der Waals surface area (Å²) in [7, 11) is 0. The van der Waals surface area contributed by atoms with Gasteiger partial charge in [-0.1, -0.05) is 30.7 Å². The first-order valence-electron chi connectivity index (χ1n) is 8.68. The van der Waals surface area contributed by atoms with Crippen LogP contribution in [-0.4, -0.2) is 45.8 Å². The molecular weight excluding hydrogens is 356 g/mol. The van der Waals surface area contributed by atoms with Crippen molar-refractivity contribution in [3.05, 3.63) is 40.7 Å². The Labute approximate surface area is 157 Å². The molecule has 1 amide bonds. The second-order valence-electron chi connectivity index (χ2n) is 6.43. The molecule has 5 nitrogen and oxygen atoms in total. The number of anilines is 1. The van der Waals surface area contributed by atoms with Crippen molar-refractivity contribution in [2.75, 3.05) is 24.5 Å². The minimum absolute atomic E-state index is 0.205. The van der Waals surface area contributed by atoms with Gasteiger partial charge in [0.15, 0.2) is 0 Å². The van der Waals surface area contributed by atoms with Crippen molar-refractivity contribution in [2.24, 2.45) is 0 Å². The van der Waals surface area contributed by atoms with E-state index in [0.717, 1.165) is 47.6 Å². The number of carbonyl (C=O) groups excluding carboxylic acids is 1. The van der Waals surface area contributed by atoms with Gasteiger partial charge in [0.1, 0.15) is 5.82 Å². The fraction of sp³-hybridized carbons (Fsp3) is 0.500. The molecule has 1 atom stereocenters. The smallest absolute Gasteiger partial charge is 0.222 e. The zero-order valence-corrected chi connectivity index (χ0v) is 16.2. The summed E-state index contributed by atoms with van der Waals surface area (Å²) in [6, 6.07) is 7.99. The van der Waals surface area contributed by atoms with Gasteiger partial charge in [-0.15, -0.1) is 0 Å². The van der Waals surface area contributed by atoms with Crippen LogP contribution >= 0.6 is 23.1 Å². The average molecular weight is 379 g/mol. The molecule has 25 heavy (non-hydrogen) atoms. The lowest BCUT2D eigenvalue weighted by molar-refractivity contribution is -0.133. The van der Waals surface area contributed by atoms with Crippen LogP contribution in [0.25, 0.3) is 0 Å². The Bertz CT molecular complexity index is 718. The number of rotatable bonds is 5. The molecule has 1 aliphatic rings. The molecule has 1 saturated heterocycles. The fourth-order valence-electron chi connectivity index (χ4n) is 3.09. The maximum absolute atomic E-state index is 12.2. The highest BCUT2D eigenvalue weighted by atomic mass is 35.5. The molecule has 1 aromatic carbocycles. The second kappa shape index (κ2) is 8.15. The highest BCUT2D eigenvalue weighted by Gasteiger charge is 2.28. The third kappa shape index (κ3) is 4.50. The molecule has 134 valence electrons. The molecule has 0 saturated carbocycles. The summed E-state index contributed by atoms with van der Waals surface area (Å²) in [5.41, 5.74) is 1.15. The maximum atomic E-state index is 12.2. The van der Waals surface area contributed by atoms with Gasteiger partial charge in [-0.25, -0.2) is 4.98 Å². The van der Waals surface area contributed by atoms with Crippen molar-refractivity contribution in [1.29, 1.82) is 0 Å². The van der Waals surface area contributed by atoms with E-state index in [1.54, 1.807) is 0 Å². The largest absolute Gasteiger partial charge is 0.343 e. The van der Waals surface area contributed by atoms with Crippen LogP contribution < -0.4 is 4.90 Å². The zero-order valence-electron chi connectivity index (χ0n) is 14.6. The Hall–Kier alpha value is -1.66. The third-order valence-electron chi connectivity index (χ3n) is 4.42. The minimum atomic E-state index is 0.205. The number of aromatic nitrogens is 2. The number of amides is 1. The molecule has 0 bridgehead atoms. The Morgan fingerprint density at radius 2 is 2.08 bits per heavy atom. The van der Waals surface area contributed by atoms with Crippen LogP contribution in [0, 0.1) is 0 Å². The quantitative estimate of drug-likeness (QED) is 0.797. The number of halogens is 1. The number of hydrogen-bond donors (Lipinski definition) is 0. The summed E-state index contributed by atoms with van der Waals surface area (Å²) in [4.78, 5) is 21.1. The summed E-state index contributed by atoms with van der Waals surface area (Å²) in [5, 5.41) is 1.68. The van der Waals surface area contributed by atoms with Gasteiger partial charge < -0.3 is 9.80 Å². The van der Waals surface area contributed by atoms with Gasteiger partial charge in [-0.3, -0.25) is 4.79 Å². The summed E-state index contributed by atoms with van der Waals surface area (Å²) in [6.45, 7) is 6.53. The molecular formula is C18H23ClN4OS. The van der Waals surface area contributed by atoms with Gasteiger partial charge >= 0.3 is 0 Å². The van der Waals surface area contributed by atoms with Crippen LogP contribution in [0.15, 0.2) is 24.3 Å². The predicted molar refractivity (Wildman–Crippen MR) is 102 cm³/mol. The molecule has 1 aromatic heterocycles. The highest BCUT2D eigenvalue weighted by molar-refractivity contribution is 7.09. The van der Waals surface area contributed by atoms with E-state index in [2.05, 4.69) is 21.2 Å². The first-order valence-corrected chi connectivity index (χ1v) is 9.83. The fourth-order valence-corrected chi connectivity index (χ4v) is 3.94. The van der Waals surface area contributed by atoms with E-state index in [0.29, 0.717) is 12.8 Å². The maximum Gasteiger partial charge on any atom is 0.222 e. The lowest BCUT2D eigenvalue weighted by atomic mass is 10.1.